The topological polar surface area (TPSA) is 83.7 Å². The molecule has 0 bridgehead atoms. The van der Waals surface area contributed by atoms with Gasteiger partial charge in [-0.3, -0.25) is 4.79 Å². The number of urea groups is 1. The number of fused-ring (bicyclic) bond motifs is 1. The van der Waals surface area contributed by atoms with Crippen molar-refractivity contribution in [3.63, 3.8) is 0 Å². The third-order valence-corrected chi connectivity index (χ3v) is 7.93. The first-order valence-corrected chi connectivity index (χ1v) is 14.4. The van der Waals surface area contributed by atoms with Crippen molar-refractivity contribution >= 4 is 34.2 Å². The molecule has 1 fully saturated rings. The lowest BCUT2D eigenvalue weighted by molar-refractivity contribution is -0.118. The van der Waals surface area contributed by atoms with Crippen molar-refractivity contribution in [2.75, 3.05) is 50.5 Å². The molecule has 8 nitrogen and oxygen atoms in total. The molecule has 1 saturated heterocycles. The number of carbonyl (C=O) groups is 2. The number of aryl methyl sites for hydroxylation is 1. The van der Waals surface area contributed by atoms with Gasteiger partial charge in [-0.05, 0) is 74.1 Å². The van der Waals surface area contributed by atoms with Crippen LogP contribution >= 0.6 is 0 Å². The molecule has 0 spiro atoms. The maximum Gasteiger partial charge on any atom is 0.318 e. The lowest BCUT2D eigenvalue weighted by Crippen LogP contribution is -2.56. The molecule has 3 amide bonds. The van der Waals surface area contributed by atoms with Gasteiger partial charge in [-0.25, -0.2) is 9.18 Å². The summed E-state index contributed by atoms with van der Waals surface area (Å²) in [5.74, 6) is -0.839. The monoisotopic (exact) mass is 570 g/mol. The second kappa shape index (κ2) is 12.7. The summed E-state index contributed by atoms with van der Waals surface area (Å²) in [5.41, 5.74) is 5.55. The van der Waals surface area contributed by atoms with Crippen LogP contribution in [0.3, 0.4) is 0 Å². The molecule has 3 aromatic carbocycles. The summed E-state index contributed by atoms with van der Waals surface area (Å²) in [6.07, 6.45) is 1.92. The molecule has 5 rings (SSSR count). The Hall–Kier alpha value is -4.37. The number of hydrogen-bond donors (Lipinski definition) is 3. The van der Waals surface area contributed by atoms with Gasteiger partial charge in [0.15, 0.2) is 0 Å². The number of benzene rings is 3. The van der Waals surface area contributed by atoms with Crippen molar-refractivity contribution in [3.8, 4) is 0 Å². The van der Waals surface area contributed by atoms with Crippen LogP contribution in [0.15, 0.2) is 72.9 Å². The molecule has 1 aliphatic rings. The van der Waals surface area contributed by atoms with Gasteiger partial charge >= 0.3 is 6.03 Å². The molecule has 1 aromatic heterocycles. The fourth-order valence-electron chi connectivity index (χ4n) is 5.75. The number of halogens is 1. The fourth-order valence-corrected chi connectivity index (χ4v) is 5.75. The lowest BCUT2D eigenvalue weighted by atomic mass is 9.92. The fraction of sp³-hybridized carbons (Fsp3) is 0.333. The molecular weight excluding hydrogens is 531 g/mol. The molecule has 9 heteroatoms. The van der Waals surface area contributed by atoms with Crippen molar-refractivity contribution < 1.29 is 14.0 Å². The molecule has 1 aliphatic heterocycles. The number of aromatic nitrogens is 1. The van der Waals surface area contributed by atoms with Crippen LogP contribution in [-0.4, -0.2) is 73.0 Å². The quantitative estimate of drug-likeness (QED) is 0.268. The zero-order valence-electron chi connectivity index (χ0n) is 24.7. The number of aromatic amines is 1. The summed E-state index contributed by atoms with van der Waals surface area (Å²) in [6.45, 7) is 6.83. The second-order valence-electron chi connectivity index (χ2n) is 11.3. The summed E-state index contributed by atoms with van der Waals surface area (Å²) in [7, 11) is 4.00. The van der Waals surface area contributed by atoms with Crippen molar-refractivity contribution in [2.45, 2.75) is 32.4 Å². The summed E-state index contributed by atoms with van der Waals surface area (Å²) >= 11 is 0. The number of rotatable bonds is 8. The Bertz CT molecular complexity index is 1560. The number of carbonyl (C=O) groups excluding carboxylic acids is 2. The van der Waals surface area contributed by atoms with E-state index in [1.54, 1.807) is 11.0 Å². The number of H-pyrrole nitrogens is 1. The maximum atomic E-state index is 13.8. The molecule has 3 N–H and O–H groups in total. The first-order chi connectivity index (χ1) is 20.2. The molecule has 0 aliphatic carbocycles. The van der Waals surface area contributed by atoms with Crippen LogP contribution in [-0.2, 0) is 11.3 Å². The molecule has 4 aromatic rings. The molecule has 0 unspecified atom stereocenters. The van der Waals surface area contributed by atoms with E-state index in [9.17, 15) is 14.0 Å². The van der Waals surface area contributed by atoms with Crippen molar-refractivity contribution in [2.24, 2.45) is 0 Å². The van der Waals surface area contributed by atoms with E-state index >= 15 is 0 Å². The third kappa shape index (κ3) is 6.57. The van der Waals surface area contributed by atoms with Gasteiger partial charge in [0.1, 0.15) is 11.9 Å². The highest BCUT2D eigenvalue weighted by Crippen LogP contribution is 2.29. The third-order valence-electron chi connectivity index (χ3n) is 7.93. The van der Waals surface area contributed by atoms with E-state index in [1.807, 2.05) is 82.7 Å². The van der Waals surface area contributed by atoms with E-state index in [-0.39, 0.29) is 23.7 Å². The Labute approximate surface area is 246 Å². The van der Waals surface area contributed by atoms with Crippen molar-refractivity contribution in [1.29, 1.82) is 0 Å². The van der Waals surface area contributed by atoms with E-state index < -0.39 is 6.04 Å². The van der Waals surface area contributed by atoms with Crippen LogP contribution < -0.4 is 15.5 Å². The van der Waals surface area contributed by atoms with Crippen LogP contribution in [0.1, 0.15) is 29.5 Å². The maximum absolute atomic E-state index is 13.8. The summed E-state index contributed by atoms with van der Waals surface area (Å²) in [5, 5.41) is 7.14. The Morgan fingerprint density at radius 3 is 2.50 bits per heavy atom. The van der Waals surface area contributed by atoms with Gasteiger partial charge < -0.3 is 30.3 Å². The van der Waals surface area contributed by atoms with Crippen LogP contribution in [0.5, 0.6) is 0 Å². The minimum atomic E-state index is -0.813. The van der Waals surface area contributed by atoms with Crippen molar-refractivity contribution in [1.82, 2.24) is 20.1 Å². The van der Waals surface area contributed by atoms with Crippen molar-refractivity contribution in [3.05, 3.63) is 95.4 Å². The number of anilines is 2. The van der Waals surface area contributed by atoms with Crippen LogP contribution in [0.4, 0.5) is 20.6 Å². The first kappa shape index (κ1) is 29.1. The average molecular weight is 571 g/mol. The van der Waals surface area contributed by atoms with Gasteiger partial charge in [0, 0.05) is 67.1 Å². The minimum Gasteiger partial charge on any atom is -0.368 e. The standard InChI is InChI=1S/C33H39FN6O2/c1-22-18-25(34)12-13-30(22)39-14-16-40(17-15-39)33(42)37-31(23(2)28-20-35-29-11-6-5-10-27(28)29)32(41)36-26-9-7-8-24(19-26)21-38(3)4/h5-13,18-20,23,31,35H,14-17,21H2,1-4H3,(H,36,41)(H,37,42)/t23-,31+/m0/s1. The molecular formula is C33H39FN6O2. The number of nitrogens with zero attached hydrogens (tertiary/aromatic N) is 3. The largest absolute Gasteiger partial charge is 0.368 e. The molecule has 42 heavy (non-hydrogen) atoms. The second-order valence-corrected chi connectivity index (χ2v) is 11.3. The molecule has 0 radical (unpaired) electrons. The zero-order chi connectivity index (χ0) is 29.8. The molecule has 2 atom stereocenters. The smallest absolute Gasteiger partial charge is 0.318 e. The van der Waals surface area contributed by atoms with Crippen LogP contribution in [0, 0.1) is 12.7 Å². The highest BCUT2D eigenvalue weighted by molar-refractivity contribution is 5.98. The normalized spacial score (nSPS) is 15.1. The number of para-hydroxylation sites is 1. The Balaban J connectivity index is 1.33. The summed E-state index contributed by atoms with van der Waals surface area (Å²) < 4.78 is 13.6. The average Bonchev–Trinajstić information content (AvgIpc) is 3.40. The van der Waals surface area contributed by atoms with Gasteiger partial charge in [-0.2, -0.15) is 0 Å². The van der Waals surface area contributed by atoms with E-state index in [1.165, 1.54) is 12.1 Å². The Morgan fingerprint density at radius 1 is 1.00 bits per heavy atom. The van der Waals surface area contributed by atoms with Gasteiger partial charge in [0.05, 0.1) is 0 Å². The SMILES string of the molecule is Cc1cc(F)ccc1N1CCN(C(=O)N[C@@H](C(=O)Nc2cccc(CN(C)C)c2)[C@@H](C)c2c[nH]c3ccccc23)CC1. The number of hydrogen-bond acceptors (Lipinski definition) is 4. The number of amides is 3. The number of piperazine rings is 1. The van der Waals surface area contributed by atoms with Crippen LogP contribution in [0.25, 0.3) is 10.9 Å². The number of nitrogens with one attached hydrogen (secondary N) is 3. The van der Waals surface area contributed by atoms with E-state index in [0.717, 1.165) is 39.8 Å². The lowest BCUT2D eigenvalue weighted by Gasteiger charge is -2.37. The van der Waals surface area contributed by atoms with Crippen LogP contribution in [0.2, 0.25) is 0 Å². The molecule has 220 valence electrons. The highest BCUT2D eigenvalue weighted by Gasteiger charge is 2.32. The van der Waals surface area contributed by atoms with Gasteiger partial charge in [0.25, 0.3) is 0 Å². The van der Waals surface area contributed by atoms with Gasteiger partial charge in [-0.15, -0.1) is 0 Å². The zero-order valence-corrected chi connectivity index (χ0v) is 24.7. The first-order valence-electron chi connectivity index (χ1n) is 14.4. The summed E-state index contributed by atoms with van der Waals surface area (Å²) in [4.78, 5) is 36.7. The Kier molecular flexibility index (Phi) is 8.77. The van der Waals surface area contributed by atoms with Gasteiger partial charge in [-0.1, -0.05) is 37.3 Å². The predicted molar refractivity (Wildman–Crippen MR) is 166 cm³/mol. The van der Waals surface area contributed by atoms with E-state index in [4.69, 9.17) is 0 Å². The van der Waals surface area contributed by atoms with E-state index in [2.05, 4.69) is 25.4 Å². The summed E-state index contributed by atoms with van der Waals surface area (Å²) in [6, 6.07) is 19.4. The molecule has 0 saturated carbocycles. The highest BCUT2D eigenvalue weighted by atomic mass is 19.1. The Morgan fingerprint density at radius 2 is 1.76 bits per heavy atom. The van der Waals surface area contributed by atoms with E-state index in [0.29, 0.717) is 31.9 Å². The predicted octanol–water partition coefficient (Wildman–Crippen LogP) is 5.32. The minimum absolute atomic E-state index is 0.257. The van der Waals surface area contributed by atoms with Gasteiger partial charge in [0.2, 0.25) is 5.91 Å². The molecule has 2 heterocycles.